The molecule has 3 heteroatoms. The van der Waals surface area contributed by atoms with Gasteiger partial charge in [-0.3, -0.25) is 4.98 Å². The molecule has 1 radical (unpaired) electrons. The largest absolute Gasteiger partial charge is 0.304 e. The molecule has 0 N–H and O–H groups in total. The summed E-state index contributed by atoms with van der Waals surface area (Å²) in [5.41, 5.74) is 11.4. The molecule has 0 bridgehead atoms. The van der Waals surface area contributed by atoms with Gasteiger partial charge in [0.1, 0.15) is 0 Å². The Kier molecular flexibility index (Phi) is 9.69. The smallest absolute Gasteiger partial charge is 0.0702 e. The van der Waals surface area contributed by atoms with Crippen LogP contribution >= 0.6 is 0 Å². The van der Waals surface area contributed by atoms with Gasteiger partial charge in [-0.15, -0.1) is 35.4 Å². The Morgan fingerprint density at radius 2 is 0.974 bits per heavy atom. The standard InChI is InChI=1S/C18H15N.C18H14N.Ir/c2*1-14-10-11-18(19-13-14)17-9-5-8-16(12-17)15-6-3-2-4-7-15;/h2-13H,1H3;2-8,10-13H,1H3;/q;-1;. The molecule has 0 fully saturated rings. The molecule has 39 heavy (non-hydrogen) atoms. The summed E-state index contributed by atoms with van der Waals surface area (Å²) >= 11 is 0. The minimum atomic E-state index is 0. The van der Waals surface area contributed by atoms with Gasteiger partial charge in [0.25, 0.3) is 0 Å². The number of aromatic nitrogens is 2. The Labute approximate surface area is 244 Å². The number of aryl methyl sites for hydroxylation is 2. The number of rotatable bonds is 4. The van der Waals surface area contributed by atoms with Crippen LogP contribution in [0.25, 0.3) is 44.8 Å². The first-order valence-electron chi connectivity index (χ1n) is 12.7. The second-order valence-corrected chi connectivity index (χ2v) is 9.25. The fourth-order valence-corrected chi connectivity index (χ4v) is 4.18. The number of pyridine rings is 2. The first-order chi connectivity index (χ1) is 18.7. The average molecular weight is 682 g/mol. The van der Waals surface area contributed by atoms with E-state index in [0.29, 0.717) is 0 Å². The van der Waals surface area contributed by atoms with Crippen LogP contribution in [-0.4, -0.2) is 9.97 Å². The van der Waals surface area contributed by atoms with Crippen molar-refractivity contribution in [3.63, 3.8) is 0 Å². The molecule has 0 aliphatic heterocycles. The van der Waals surface area contributed by atoms with Crippen LogP contribution in [0.1, 0.15) is 11.1 Å². The van der Waals surface area contributed by atoms with Crippen molar-refractivity contribution in [3.8, 4) is 44.8 Å². The minimum Gasteiger partial charge on any atom is -0.304 e. The molecule has 6 rings (SSSR count). The van der Waals surface area contributed by atoms with Crippen molar-refractivity contribution in [2.45, 2.75) is 13.8 Å². The van der Waals surface area contributed by atoms with Crippen LogP contribution in [0.15, 0.2) is 140 Å². The monoisotopic (exact) mass is 682 g/mol. The van der Waals surface area contributed by atoms with Gasteiger partial charge in [-0.05, 0) is 59.5 Å². The molecule has 0 unspecified atom stereocenters. The molecule has 2 aromatic heterocycles. The fraction of sp³-hybridized carbons (Fsp3) is 0.0556. The van der Waals surface area contributed by atoms with Crippen molar-refractivity contribution in [3.05, 3.63) is 157 Å². The van der Waals surface area contributed by atoms with Crippen LogP contribution in [0.3, 0.4) is 0 Å². The van der Waals surface area contributed by atoms with Crippen LogP contribution in [-0.2, 0) is 20.1 Å². The third-order valence-electron chi connectivity index (χ3n) is 6.27. The van der Waals surface area contributed by atoms with Gasteiger partial charge >= 0.3 is 0 Å². The maximum Gasteiger partial charge on any atom is 0.0702 e. The molecule has 0 amide bonds. The van der Waals surface area contributed by atoms with Crippen molar-refractivity contribution in [1.29, 1.82) is 0 Å². The molecule has 4 aromatic carbocycles. The average Bonchev–Trinajstić information content (AvgIpc) is 2.99. The molecule has 193 valence electrons. The SMILES string of the molecule is Cc1ccc(-c2[c-]ccc(-c3ccccc3)c2)nc1.Cc1ccc(-c2cccc(-c3ccccc3)c2)nc1.[Ir]. The summed E-state index contributed by atoms with van der Waals surface area (Å²) < 4.78 is 0. The maximum atomic E-state index is 4.48. The Bertz CT molecular complexity index is 1470. The van der Waals surface area contributed by atoms with Gasteiger partial charge in [-0.1, -0.05) is 97.1 Å². The van der Waals surface area contributed by atoms with Crippen LogP contribution in [0.2, 0.25) is 0 Å². The molecule has 0 aliphatic rings. The Morgan fingerprint density at radius 1 is 0.462 bits per heavy atom. The summed E-state index contributed by atoms with van der Waals surface area (Å²) in [6.45, 7) is 4.10. The summed E-state index contributed by atoms with van der Waals surface area (Å²) in [6.07, 6.45) is 3.79. The topological polar surface area (TPSA) is 25.8 Å². The third-order valence-corrected chi connectivity index (χ3v) is 6.27. The third kappa shape index (κ3) is 7.45. The summed E-state index contributed by atoms with van der Waals surface area (Å²) in [5.74, 6) is 0. The Morgan fingerprint density at radius 3 is 1.54 bits per heavy atom. The van der Waals surface area contributed by atoms with Crippen LogP contribution in [0.4, 0.5) is 0 Å². The van der Waals surface area contributed by atoms with E-state index in [4.69, 9.17) is 0 Å². The predicted molar refractivity (Wildman–Crippen MR) is 159 cm³/mol. The normalized spacial score (nSPS) is 10.1. The zero-order valence-electron chi connectivity index (χ0n) is 22.0. The van der Waals surface area contributed by atoms with E-state index in [9.17, 15) is 0 Å². The van der Waals surface area contributed by atoms with Crippen molar-refractivity contribution >= 4 is 0 Å². The molecule has 0 atom stereocenters. The zero-order chi connectivity index (χ0) is 26.2. The van der Waals surface area contributed by atoms with Crippen molar-refractivity contribution in [2.75, 3.05) is 0 Å². The van der Waals surface area contributed by atoms with Crippen LogP contribution in [0, 0.1) is 19.9 Å². The van der Waals surface area contributed by atoms with E-state index in [1.165, 1.54) is 33.4 Å². The summed E-state index contributed by atoms with van der Waals surface area (Å²) in [5, 5.41) is 0. The van der Waals surface area contributed by atoms with E-state index in [1.54, 1.807) is 0 Å². The second kappa shape index (κ2) is 13.6. The van der Waals surface area contributed by atoms with E-state index in [2.05, 4.69) is 126 Å². The molecule has 0 aliphatic carbocycles. The van der Waals surface area contributed by atoms with Crippen molar-refractivity contribution in [1.82, 2.24) is 9.97 Å². The first-order valence-corrected chi connectivity index (χ1v) is 12.7. The molecule has 6 aromatic rings. The number of hydrogen-bond donors (Lipinski definition) is 0. The first kappa shape index (κ1) is 27.9. The quantitative estimate of drug-likeness (QED) is 0.174. The van der Waals surface area contributed by atoms with E-state index in [-0.39, 0.29) is 20.1 Å². The van der Waals surface area contributed by atoms with E-state index in [0.717, 1.165) is 22.5 Å². The molecular weight excluding hydrogens is 653 g/mol. The van der Waals surface area contributed by atoms with Crippen LogP contribution in [0.5, 0.6) is 0 Å². The number of benzene rings is 4. The van der Waals surface area contributed by atoms with E-state index < -0.39 is 0 Å². The fourth-order valence-electron chi connectivity index (χ4n) is 4.18. The summed E-state index contributed by atoms with van der Waals surface area (Å²) in [4.78, 5) is 8.94. The molecule has 2 nitrogen and oxygen atoms in total. The van der Waals surface area contributed by atoms with Crippen molar-refractivity contribution in [2.24, 2.45) is 0 Å². The van der Waals surface area contributed by atoms with E-state index >= 15 is 0 Å². The molecule has 0 spiro atoms. The van der Waals surface area contributed by atoms with Gasteiger partial charge in [0.2, 0.25) is 0 Å². The van der Waals surface area contributed by atoms with Gasteiger partial charge in [0.05, 0.1) is 5.69 Å². The van der Waals surface area contributed by atoms with Crippen LogP contribution < -0.4 is 0 Å². The molecule has 2 heterocycles. The number of hydrogen-bond acceptors (Lipinski definition) is 2. The maximum absolute atomic E-state index is 4.48. The molecule has 0 saturated heterocycles. The van der Waals surface area contributed by atoms with E-state index in [1.807, 2.05) is 43.6 Å². The Balaban J connectivity index is 0.000000176. The predicted octanol–water partition coefficient (Wildman–Crippen LogP) is 9.25. The summed E-state index contributed by atoms with van der Waals surface area (Å²) in [7, 11) is 0. The van der Waals surface area contributed by atoms with Gasteiger partial charge in [-0.25, -0.2) is 0 Å². The Hall–Kier alpha value is -4.17. The molecule has 0 saturated carbocycles. The summed E-state index contributed by atoms with van der Waals surface area (Å²) in [6, 6.07) is 47.0. The van der Waals surface area contributed by atoms with Crippen molar-refractivity contribution < 1.29 is 20.1 Å². The van der Waals surface area contributed by atoms with Gasteiger partial charge in [0.15, 0.2) is 0 Å². The zero-order valence-corrected chi connectivity index (χ0v) is 24.4. The van der Waals surface area contributed by atoms with Gasteiger partial charge in [0, 0.05) is 38.1 Å². The number of nitrogens with zero attached hydrogens (tertiary/aromatic N) is 2. The second-order valence-electron chi connectivity index (χ2n) is 9.25. The van der Waals surface area contributed by atoms with Gasteiger partial charge < -0.3 is 4.98 Å². The molecular formula is C36H29IrN2-. The minimum absolute atomic E-state index is 0. The van der Waals surface area contributed by atoms with Gasteiger partial charge in [-0.2, -0.15) is 0 Å².